The lowest BCUT2D eigenvalue weighted by Gasteiger charge is -2.00. The molecule has 0 aromatic carbocycles. The fourth-order valence-electron chi connectivity index (χ4n) is 1.21. The summed E-state index contributed by atoms with van der Waals surface area (Å²) >= 11 is 1.43. The van der Waals surface area contributed by atoms with Gasteiger partial charge >= 0.3 is 5.69 Å². The first-order valence-electron chi connectivity index (χ1n) is 4.24. The van der Waals surface area contributed by atoms with Crippen molar-refractivity contribution in [3.05, 3.63) is 22.5 Å². The molecule has 1 amide bonds. The Morgan fingerprint density at radius 1 is 1.62 bits per heavy atom. The second kappa shape index (κ2) is 3.93. The van der Waals surface area contributed by atoms with E-state index < -0.39 is 11.6 Å². The fraction of sp³-hybridized carbons (Fsp3) is 0.286. The van der Waals surface area contributed by atoms with Gasteiger partial charge in [0.15, 0.2) is 11.3 Å². The number of nitrogens with two attached hydrogens (primary N) is 1. The summed E-state index contributed by atoms with van der Waals surface area (Å²) in [4.78, 5) is 26.5. The topological polar surface area (TPSA) is 108 Å². The molecule has 84 valence electrons. The maximum Gasteiger partial charge on any atom is 0.353 e. The van der Waals surface area contributed by atoms with Crippen LogP contribution in [0.2, 0.25) is 0 Å². The van der Waals surface area contributed by atoms with Crippen molar-refractivity contribution in [1.82, 2.24) is 24.4 Å². The molecule has 2 aromatic heterocycles. The first-order chi connectivity index (χ1) is 7.65. The van der Waals surface area contributed by atoms with Crippen molar-refractivity contribution in [2.24, 2.45) is 5.73 Å². The molecule has 9 heteroatoms. The molecule has 0 fully saturated rings. The molecule has 8 nitrogen and oxygen atoms in total. The van der Waals surface area contributed by atoms with Crippen molar-refractivity contribution < 1.29 is 4.79 Å². The number of nitrogens with zero attached hydrogens (tertiary/aromatic N) is 5. The van der Waals surface area contributed by atoms with E-state index in [0.717, 1.165) is 4.40 Å². The third-order valence-corrected chi connectivity index (χ3v) is 2.40. The molecule has 2 heterocycles. The fourth-order valence-corrected chi connectivity index (χ4v) is 1.62. The minimum atomic E-state index is -0.737. The normalized spacial score (nSPS) is 10.8. The van der Waals surface area contributed by atoms with E-state index in [9.17, 15) is 9.59 Å². The van der Waals surface area contributed by atoms with Gasteiger partial charge in [0.05, 0.1) is 5.88 Å². The Hall–Kier alpha value is -1.90. The van der Waals surface area contributed by atoms with Gasteiger partial charge in [0.25, 0.3) is 5.91 Å². The Bertz CT molecular complexity index is 602. The molecule has 0 unspecified atom stereocenters. The number of thioether (sulfide) groups is 1. The summed E-state index contributed by atoms with van der Waals surface area (Å²) in [5.74, 6) is -0.356. The molecule has 0 radical (unpaired) electrons. The standard InChI is InChI=1S/C7H8N6O2S/c1-16-3-13-7(15)12-2-9-4(5(8)14)6(12)10-11-13/h2H,3H2,1H3,(H2,8,14). The van der Waals surface area contributed by atoms with E-state index in [0.29, 0.717) is 5.88 Å². The predicted molar refractivity (Wildman–Crippen MR) is 57.1 cm³/mol. The van der Waals surface area contributed by atoms with E-state index in [1.54, 1.807) is 0 Å². The molecule has 2 N–H and O–H groups in total. The lowest BCUT2D eigenvalue weighted by molar-refractivity contribution is 0.0997. The van der Waals surface area contributed by atoms with Gasteiger partial charge in [0.1, 0.15) is 6.33 Å². The third kappa shape index (κ3) is 1.54. The van der Waals surface area contributed by atoms with Gasteiger partial charge in [0, 0.05) is 0 Å². The minimum absolute atomic E-state index is 0.0547. The molecule has 0 bridgehead atoms. The highest BCUT2D eigenvalue weighted by molar-refractivity contribution is 7.97. The second-order valence-electron chi connectivity index (χ2n) is 2.94. The van der Waals surface area contributed by atoms with E-state index in [-0.39, 0.29) is 11.3 Å². The van der Waals surface area contributed by atoms with Crippen molar-refractivity contribution in [3.8, 4) is 0 Å². The Morgan fingerprint density at radius 3 is 3.00 bits per heavy atom. The molecule has 0 saturated carbocycles. The number of amides is 1. The van der Waals surface area contributed by atoms with Crippen molar-refractivity contribution in [2.75, 3.05) is 6.26 Å². The Morgan fingerprint density at radius 2 is 2.38 bits per heavy atom. The summed E-state index contributed by atoms with van der Waals surface area (Å²) in [7, 11) is 0. The summed E-state index contributed by atoms with van der Waals surface area (Å²) < 4.78 is 2.31. The number of imidazole rings is 1. The van der Waals surface area contributed by atoms with Crippen LogP contribution in [0.5, 0.6) is 0 Å². The van der Waals surface area contributed by atoms with Crippen LogP contribution in [0.25, 0.3) is 5.65 Å². The largest absolute Gasteiger partial charge is 0.364 e. The number of aromatic nitrogens is 5. The number of primary amides is 1. The number of carbonyl (C=O) groups is 1. The average Bonchev–Trinajstić information content (AvgIpc) is 2.67. The van der Waals surface area contributed by atoms with Crippen LogP contribution in [0.15, 0.2) is 11.1 Å². The molecule has 0 atom stereocenters. The quantitative estimate of drug-likeness (QED) is 0.714. The van der Waals surface area contributed by atoms with Gasteiger partial charge in [-0.25, -0.2) is 14.2 Å². The highest BCUT2D eigenvalue weighted by Gasteiger charge is 2.14. The van der Waals surface area contributed by atoms with Crippen LogP contribution in [0, 0.1) is 0 Å². The Balaban J connectivity index is 2.69. The van der Waals surface area contributed by atoms with Gasteiger partial charge in [-0.1, -0.05) is 5.21 Å². The average molecular weight is 240 g/mol. The number of hydrogen-bond donors (Lipinski definition) is 1. The summed E-state index contributed by atoms with van der Waals surface area (Å²) in [6.07, 6.45) is 3.05. The van der Waals surface area contributed by atoms with Crippen LogP contribution < -0.4 is 11.4 Å². The van der Waals surface area contributed by atoms with E-state index in [2.05, 4.69) is 15.3 Å². The molecular formula is C7H8N6O2S. The highest BCUT2D eigenvalue weighted by atomic mass is 32.2. The third-order valence-electron chi connectivity index (χ3n) is 1.90. The number of rotatable bonds is 3. The SMILES string of the molecule is CSCn1nnc2c(C(N)=O)ncn2c1=O. The molecule has 0 aliphatic rings. The van der Waals surface area contributed by atoms with Crippen LogP contribution in [0.4, 0.5) is 0 Å². The number of hydrogen-bond acceptors (Lipinski definition) is 6. The summed E-state index contributed by atoms with van der Waals surface area (Å²) in [6, 6.07) is 0. The summed E-state index contributed by atoms with van der Waals surface area (Å²) in [6.45, 7) is 0. The first-order valence-corrected chi connectivity index (χ1v) is 5.64. The lowest BCUT2D eigenvalue weighted by atomic mass is 10.4. The zero-order valence-electron chi connectivity index (χ0n) is 8.32. The monoisotopic (exact) mass is 240 g/mol. The molecule has 0 aliphatic heterocycles. The van der Waals surface area contributed by atoms with E-state index in [4.69, 9.17) is 5.73 Å². The van der Waals surface area contributed by atoms with Crippen molar-refractivity contribution in [1.29, 1.82) is 0 Å². The lowest BCUT2D eigenvalue weighted by Crippen LogP contribution is -2.29. The van der Waals surface area contributed by atoms with E-state index in [1.807, 2.05) is 6.26 Å². The molecule has 2 rings (SSSR count). The Labute approximate surface area is 93.5 Å². The van der Waals surface area contributed by atoms with Crippen LogP contribution in [-0.4, -0.2) is 36.5 Å². The van der Waals surface area contributed by atoms with Crippen molar-refractivity contribution in [3.63, 3.8) is 0 Å². The van der Waals surface area contributed by atoms with Crippen LogP contribution >= 0.6 is 11.8 Å². The van der Waals surface area contributed by atoms with E-state index in [1.165, 1.54) is 22.8 Å². The minimum Gasteiger partial charge on any atom is -0.364 e. The first kappa shape index (κ1) is 10.6. The van der Waals surface area contributed by atoms with Gasteiger partial charge in [-0.3, -0.25) is 4.79 Å². The van der Waals surface area contributed by atoms with Gasteiger partial charge in [-0.05, 0) is 6.26 Å². The number of fused-ring (bicyclic) bond motifs is 1. The zero-order chi connectivity index (χ0) is 11.7. The van der Waals surface area contributed by atoms with Crippen molar-refractivity contribution in [2.45, 2.75) is 5.88 Å². The van der Waals surface area contributed by atoms with Crippen LogP contribution in [0.3, 0.4) is 0 Å². The van der Waals surface area contributed by atoms with Crippen LogP contribution in [0.1, 0.15) is 10.5 Å². The maximum atomic E-state index is 11.8. The molecule has 0 spiro atoms. The van der Waals surface area contributed by atoms with Crippen molar-refractivity contribution >= 4 is 23.3 Å². The van der Waals surface area contributed by atoms with Gasteiger partial charge in [0.2, 0.25) is 0 Å². The zero-order valence-corrected chi connectivity index (χ0v) is 9.14. The number of carbonyl (C=O) groups excluding carboxylic acids is 1. The second-order valence-corrected chi connectivity index (χ2v) is 3.78. The predicted octanol–water partition coefficient (Wildman–Crippen LogP) is -1.29. The van der Waals surface area contributed by atoms with Gasteiger partial charge in [-0.2, -0.15) is 4.68 Å². The molecule has 16 heavy (non-hydrogen) atoms. The smallest absolute Gasteiger partial charge is 0.353 e. The van der Waals surface area contributed by atoms with Gasteiger partial charge < -0.3 is 5.73 Å². The van der Waals surface area contributed by atoms with Crippen LogP contribution in [-0.2, 0) is 5.88 Å². The summed E-state index contributed by atoms with van der Waals surface area (Å²) in [5, 5.41) is 7.42. The summed E-state index contributed by atoms with van der Waals surface area (Å²) in [5.41, 5.74) is 4.70. The Kier molecular flexibility index (Phi) is 2.60. The molecule has 0 aliphatic carbocycles. The highest BCUT2D eigenvalue weighted by Crippen LogP contribution is 2.01. The molecule has 2 aromatic rings. The van der Waals surface area contributed by atoms with Gasteiger partial charge in [-0.15, -0.1) is 16.9 Å². The van der Waals surface area contributed by atoms with E-state index >= 15 is 0 Å². The maximum absolute atomic E-state index is 11.8. The molecular weight excluding hydrogens is 232 g/mol. The molecule has 0 saturated heterocycles.